The van der Waals surface area contributed by atoms with E-state index in [0.717, 1.165) is 36.3 Å². The topological polar surface area (TPSA) is 54.0 Å². The Morgan fingerprint density at radius 3 is 3.05 bits per heavy atom. The number of rotatable bonds is 4. The van der Waals surface area contributed by atoms with Crippen molar-refractivity contribution in [3.63, 3.8) is 0 Å². The molecular formula is C14H18ClN3OS. The van der Waals surface area contributed by atoms with Crippen molar-refractivity contribution in [3.05, 3.63) is 29.3 Å². The summed E-state index contributed by atoms with van der Waals surface area (Å²) in [7, 11) is 0. The van der Waals surface area contributed by atoms with Gasteiger partial charge in [0, 0.05) is 13.0 Å². The van der Waals surface area contributed by atoms with Gasteiger partial charge < -0.3 is 10.6 Å². The molecule has 2 N–H and O–H groups in total. The molecule has 20 heavy (non-hydrogen) atoms. The molecule has 0 aliphatic carbocycles. The smallest absolute Gasteiger partial charge is 0.237 e. The summed E-state index contributed by atoms with van der Waals surface area (Å²) >= 11 is 1.70. The first-order chi connectivity index (χ1) is 9.33. The highest BCUT2D eigenvalue weighted by molar-refractivity contribution is 7.18. The highest BCUT2D eigenvalue weighted by Crippen LogP contribution is 2.21. The molecule has 2 heterocycles. The van der Waals surface area contributed by atoms with Gasteiger partial charge >= 0.3 is 0 Å². The molecule has 0 spiro atoms. The van der Waals surface area contributed by atoms with Crippen molar-refractivity contribution in [2.75, 3.05) is 13.1 Å². The minimum atomic E-state index is 0. The van der Waals surface area contributed by atoms with Crippen molar-refractivity contribution in [1.29, 1.82) is 0 Å². The summed E-state index contributed by atoms with van der Waals surface area (Å²) in [5.41, 5.74) is 1.05. The number of thiazole rings is 1. The fraction of sp³-hybridized carbons (Fsp3) is 0.429. The number of para-hydroxylation sites is 1. The van der Waals surface area contributed by atoms with Crippen LogP contribution in [0.4, 0.5) is 0 Å². The van der Waals surface area contributed by atoms with Crippen LogP contribution in [0.5, 0.6) is 0 Å². The van der Waals surface area contributed by atoms with Gasteiger partial charge in [-0.15, -0.1) is 23.7 Å². The maximum Gasteiger partial charge on any atom is 0.237 e. The number of amides is 1. The zero-order valence-corrected chi connectivity index (χ0v) is 12.7. The second kappa shape index (κ2) is 7.02. The number of aromatic nitrogens is 1. The molecule has 4 nitrogen and oxygen atoms in total. The van der Waals surface area contributed by atoms with Crippen molar-refractivity contribution in [1.82, 2.24) is 15.6 Å². The van der Waals surface area contributed by atoms with Crippen LogP contribution in [-0.2, 0) is 11.2 Å². The Morgan fingerprint density at radius 2 is 2.30 bits per heavy atom. The highest BCUT2D eigenvalue weighted by Gasteiger charge is 2.21. The summed E-state index contributed by atoms with van der Waals surface area (Å²) in [6.45, 7) is 1.62. The summed E-state index contributed by atoms with van der Waals surface area (Å²) in [5.74, 6) is 0.124. The lowest BCUT2D eigenvalue weighted by Crippen LogP contribution is -2.41. The zero-order valence-electron chi connectivity index (χ0n) is 11.1. The van der Waals surface area contributed by atoms with E-state index in [1.165, 1.54) is 4.70 Å². The highest BCUT2D eigenvalue weighted by atomic mass is 35.5. The van der Waals surface area contributed by atoms with Crippen LogP contribution in [0, 0.1) is 0 Å². The number of carbonyl (C=O) groups excluding carboxylic acids is 1. The molecule has 1 saturated heterocycles. The van der Waals surface area contributed by atoms with E-state index in [1.807, 2.05) is 18.2 Å². The molecule has 108 valence electrons. The summed E-state index contributed by atoms with van der Waals surface area (Å²) in [4.78, 5) is 16.4. The molecule has 1 aliphatic heterocycles. The van der Waals surface area contributed by atoms with Crippen LogP contribution in [0.25, 0.3) is 10.2 Å². The van der Waals surface area contributed by atoms with Gasteiger partial charge in [-0.3, -0.25) is 4.79 Å². The molecule has 0 saturated carbocycles. The number of hydrogen-bond donors (Lipinski definition) is 2. The van der Waals surface area contributed by atoms with Crippen molar-refractivity contribution >= 4 is 39.9 Å². The van der Waals surface area contributed by atoms with Gasteiger partial charge in [-0.05, 0) is 31.5 Å². The molecule has 1 aromatic heterocycles. The molecule has 1 aliphatic rings. The first-order valence-electron chi connectivity index (χ1n) is 6.68. The molecule has 2 aromatic rings. The Labute approximate surface area is 128 Å². The first kappa shape index (κ1) is 15.2. The van der Waals surface area contributed by atoms with E-state index >= 15 is 0 Å². The minimum Gasteiger partial charge on any atom is -0.354 e. The second-order valence-electron chi connectivity index (χ2n) is 4.77. The van der Waals surface area contributed by atoms with Crippen molar-refractivity contribution in [2.45, 2.75) is 25.3 Å². The Bertz CT molecular complexity index is 548. The van der Waals surface area contributed by atoms with E-state index in [0.29, 0.717) is 6.54 Å². The number of carbonyl (C=O) groups is 1. The molecule has 1 aromatic carbocycles. The summed E-state index contributed by atoms with van der Waals surface area (Å²) in [6, 6.07) is 8.14. The number of fused-ring (bicyclic) bond motifs is 1. The SMILES string of the molecule is Cl.O=C(NCCc1nc2ccccc2s1)C1CCCN1. The van der Waals surface area contributed by atoms with E-state index in [4.69, 9.17) is 0 Å². The number of benzene rings is 1. The first-order valence-corrected chi connectivity index (χ1v) is 7.50. The second-order valence-corrected chi connectivity index (χ2v) is 5.88. The van der Waals surface area contributed by atoms with E-state index in [2.05, 4.69) is 21.7 Å². The fourth-order valence-electron chi connectivity index (χ4n) is 2.35. The predicted molar refractivity (Wildman–Crippen MR) is 84.6 cm³/mol. The summed E-state index contributed by atoms with van der Waals surface area (Å²) in [6.07, 6.45) is 2.85. The van der Waals surface area contributed by atoms with Gasteiger partial charge in [-0.25, -0.2) is 4.98 Å². The van der Waals surface area contributed by atoms with Crippen LogP contribution in [-0.4, -0.2) is 30.0 Å². The zero-order chi connectivity index (χ0) is 13.1. The summed E-state index contributed by atoms with van der Waals surface area (Å²) in [5, 5.41) is 7.27. The lowest BCUT2D eigenvalue weighted by molar-refractivity contribution is -0.122. The van der Waals surface area contributed by atoms with Gasteiger partial charge in [0.25, 0.3) is 0 Å². The van der Waals surface area contributed by atoms with Gasteiger partial charge in [0.05, 0.1) is 21.3 Å². The molecule has 0 radical (unpaired) electrons. The maximum absolute atomic E-state index is 11.8. The number of halogens is 1. The Kier molecular flexibility index (Phi) is 5.34. The van der Waals surface area contributed by atoms with Crippen LogP contribution < -0.4 is 10.6 Å². The molecular weight excluding hydrogens is 294 g/mol. The molecule has 1 atom stereocenters. The maximum atomic E-state index is 11.8. The van der Waals surface area contributed by atoms with E-state index in [9.17, 15) is 4.79 Å². The third-order valence-electron chi connectivity index (χ3n) is 3.35. The normalized spacial score (nSPS) is 17.9. The average Bonchev–Trinajstić information content (AvgIpc) is 3.07. The van der Waals surface area contributed by atoms with E-state index in [-0.39, 0.29) is 24.4 Å². The van der Waals surface area contributed by atoms with Crippen molar-refractivity contribution in [3.8, 4) is 0 Å². The van der Waals surface area contributed by atoms with Crippen LogP contribution >= 0.6 is 23.7 Å². The van der Waals surface area contributed by atoms with Crippen LogP contribution in [0.2, 0.25) is 0 Å². The molecule has 0 bridgehead atoms. The molecule has 1 unspecified atom stereocenters. The number of hydrogen-bond acceptors (Lipinski definition) is 4. The van der Waals surface area contributed by atoms with Gasteiger partial charge in [0.15, 0.2) is 0 Å². The Morgan fingerprint density at radius 1 is 1.45 bits per heavy atom. The standard InChI is InChI=1S/C14H17N3OS.ClH/c18-14(11-5-3-8-15-11)16-9-7-13-17-10-4-1-2-6-12(10)19-13;/h1-2,4,6,11,15H,3,5,7-9H2,(H,16,18);1H. The predicted octanol–water partition coefficient (Wildman–Crippen LogP) is 2.13. The van der Waals surface area contributed by atoms with E-state index in [1.54, 1.807) is 11.3 Å². The molecule has 3 rings (SSSR count). The quantitative estimate of drug-likeness (QED) is 0.909. The third kappa shape index (κ3) is 3.48. The van der Waals surface area contributed by atoms with Crippen LogP contribution in [0.3, 0.4) is 0 Å². The average molecular weight is 312 g/mol. The number of nitrogens with zero attached hydrogens (tertiary/aromatic N) is 1. The largest absolute Gasteiger partial charge is 0.354 e. The fourth-order valence-corrected chi connectivity index (χ4v) is 3.32. The monoisotopic (exact) mass is 311 g/mol. The van der Waals surface area contributed by atoms with Gasteiger partial charge in [-0.1, -0.05) is 12.1 Å². The van der Waals surface area contributed by atoms with Crippen molar-refractivity contribution in [2.24, 2.45) is 0 Å². The molecule has 1 amide bonds. The molecule has 6 heteroatoms. The number of nitrogens with one attached hydrogen (secondary N) is 2. The van der Waals surface area contributed by atoms with Crippen LogP contribution in [0.1, 0.15) is 17.8 Å². The summed E-state index contributed by atoms with van der Waals surface area (Å²) < 4.78 is 1.21. The third-order valence-corrected chi connectivity index (χ3v) is 4.45. The van der Waals surface area contributed by atoms with Crippen LogP contribution in [0.15, 0.2) is 24.3 Å². The lowest BCUT2D eigenvalue weighted by atomic mass is 10.2. The van der Waals surface area contributed by atoms with Gasteiger partial charge in [0.2, 0.25) is 5.91 Å². The van der Waals surface area contributed by atoms with E-state index < -0.39 is 0 Å². The minimum absolute atomic E-state index is 0. The lowest BCUT2D eigenvalue weighted by Gasteiger charge is -2.09. The Hall–Kier alpha value is -1.17. The Balaban J connectivity index is 0.00000147. The molecule has 1 fully saturated rings. The van der Waals surface area contributed by atoms with Crippen molar-refractivity contribution < 1.29 is 4.79 Å². The van der Waals surface area contributed by atoms with Gasteiger partial charge in [0.1, 0.15) is 0 Å². The van der Waals surface area contributed by atoms with Gasteiger partial charge in [-0.2, -0.15) is 0 Å².